The summed E-state index contributed by atoms with van der Waals surface area (Å²) >= 11 is 0. The fourth-order valence-corrected chi connectivity index (χ4v) is 3.51. The Morgan fingerprint density at radius 3 is 2.43 bits per heavy atom. The minimum absolute atomic E-state index is 0.0250. The molecule has 146 valence electrons. The lowest BCUT2D eigenvalue weighted by Crippen LogP contribution is -2.26. The third-order valence-corrected chi connectivity index (χ3v) is 4.98. The van der Waals surface area contributed by atoms with Gasteiger partial charge in [-0.05, 0) is 60.6 Å². The van der Waals surface area contributed by atoms with Crippen LogP contribution < -0.4 is 10.6 Å². The molecule has 0 aromatic heterocycles. The van der Waals surface area contributed by atoms with E-state index < -0.39 is 5.97 Å². The van der Waals surface area contributed by atoms with Gasteiger partial charge in [-0.1, -0.05) is 24.3 Å². The first-order valence-electron chi connectivity index (χ1n) is 9.48. The van der Waals surface area contributed by atoms with Gasteiger partial charge in [0.05, 0.1) is 6.42 Å². The van der Waals surface area contributed by atoms with Crippen LogP contribution in [-0.2, 0) is 22.4 Å². The molecule has 1 atom stereocenters. The topological polar surface area (TPSA) is 95.5 Å². The second kappa shape index (κ2) is 9.17. The fraction of sp³-hybridized carbons (Fsp3) is 0.318. The molecule has 0 saturated carbocycles. The summed E-state index contributed by atoms with van der Waals surface area (Å²) in [5, 5.41) is 14.0. The van der Waals surface area contributed by atoms with Gasteiger partial charge in [0.25, 0.3) is 5.91 Å². The van der Waals surface area contributed by atoms with Crippen molar-refractivity contribution in [3.63, 3.8) is 0 Å². The third-order valence-electron chi connectivity index (χ3n) is 4.98. The maximum Gasteiger partial charge on any atom is 0.305 e. The van der Waals surface area contributed by atoms with Gasteiger partial charge in [0.1, 0.15) is 0 Å². The Balaban J connectivity index is 1.48. The number of anilines is 1. The summed E-state index contributed by atoms with van der Waals surface area (Å²) in [6, 6.07) is 15.0. The van der Waals surface area contributed by atoms with E-state index in [1.54, 1.807) is 24.3 Å². The van der Waals surface area contributed by atoms with E-state index in [1.807, 2.05) is 6.07 Å². The SMILES string of the molecule is O=C(O)CCNC(=O)c1ccc(NC(=O)CC2CCc3ccccc3C2)cc1. The number of carboxylic acid groups (broad SMARTS) is 1. The highest BCUT2D eigenvalue weighted by molar-refractivity contribution is 5.96. The van der Waals surface area contributed by atoms with Gasteiger partial charge in [-0.3, -0.25) is 14.4 Å². The van der Waals surface area contributed by atoms with Crippen molar-refractivity contribution < 1.29 is 19.5 Å². The molecule has 2 aromatic carbocycles. The lowest BCUT2D eigenvalue weighted by Gasteiger charge is -2.24. The molecule has 1 unspecified atom stereocenters. The molecule has 3 rings (SSSR count). The zero-order valence-electron chi connectivity index (χ0n) is 15.6. The Morgan fingerprint density at radius 2 is 1.71 bits per heavy atom. The third kappa shape index (κ3) is 5.42. The number of amides is 2. The Hall–Kier alpha value is -3.15. The Labute approximate surface area is 164 Å². The predicted octanol–water partition coefficient (Wildman–Crippen LogP) is 3.02. The Morgan fingerprint density at radius 1 is 1.00 bits per heavy atom. The number of carbonyl (C=O) groups is 3. The number of benzene rings is 2. The van der Waals surface area contributed by atoms with Gasteiger partial charge < -0.3 is 15.7 Å². The largest absolute Gasteiger partial charge is 0.481 e. The van der Waals surface area contributed by atoms with Gasteiger partial charge in [0, 0.05) is 24.2 Å². The molecule has 6 heteroatoms. The Bertz CT molecular complexity index is 861. The summed E-state index contributed by atoms with van der Waals surface area (Å²) < 4.78 is 0. The van der Waals surface area contributed by atoms with Crippen molar-refractivity contribution in [3.8, 4) is 0 Å². The van der Waals surface area contributed by atoms with Crippen LogP contribution in [0.15, 0.2) is 48.5 Å². The van der Waals surface area contributed by atoms with Crippen molar-refractivity contribution in [2.45, 2.75) is 32.1 Å². The van der Waals surface area contributed by atoms with Gasteiger partial charge in [-0.15, -0.1) is 0 Å². The van der Waals surface area contributed by atoms with Crippen LogP contribution in [-0.4, -0.2) is 29.4 Å². The van der Waals surface area contributed by atoms with Crippen LogP contribution in [0.25, 0.3) is 0 Å². The molecule has 0 heterocycles. The van der Waals surface area contributed by atoms with Crippen LogP contribution in [0.2, 0.25) is 0 Å². The number of carboxylic acids is 1. The molecule has 0 bridgehead atoms. The van der Waals surface area contributed by atoms with Crippen LogP contribution in [0.5, 0.6) is 0 Å². The summed E-state index contributed by atoms with van der Waals surface area (Å²) in [6.07, 6.45) is 3.32. The fourth-order valence-electron chi connectivity index (χ4n) is 3.51. The standard InChI is InChI=1S/C22H24N2O4/c25-20(14-15-5-6-16-3-1-2-4-18(16)13-15)24-19-9-7-17(8-10-19)22(28)23-12-11-21(26)27/h1-4,7-10,15H,5-6,11-14H2,(H,23,28)(H,24,25)(H,26,27). The predicted molar refractivity (Wildman–Crippen MR) is 106 cm³/mol. The van der Waals surface area contributed by atoms with Crippen LogP contribution in [0.3, 0.4) is 0 Å². The monoisotopic (exact) mass is 380 g/mol. The Kier molecular flexibility index (Phi) is 6.42. The summed E-state index contributed by atoms with van der Waals surface area (Å²) in [4.78, 5) is 34.8. The number of hydrogen-bond donors (Lipinski definition) is 3. The van der Waals surface area contributed by atoms with E-state index >= 15 is 0 Å². The van der Waals surface area contributed by atoms with E-state index in [1.165, 1.54) is 11.1 Å². The zero-order valence-corrected chi connectivity index (χ0v) is 15.6. The zero-order chi connectivity index (χ0) is 19.9. The van der Waals surface area contributed by atoms with Crippen molar-refractivity contribution in [2.24, 2.45) is 5.92 Å². The number of nitrogens with one attached hydrogen (secondary N) is 2. The number of rotatable bonds is 7. The van der Waals surface area contributed by atoms with Crippen LogP contribution in [0.1, 0.15) is 40.7 Å². The van der Waals surface area contributed by atoms with Crippen molar-refractivity contribution in [1.82, 2.24) is 5.32 Å². The molecule has 6 nitrogen and oxygen atoms in total. The highest BCUT2D eigenvalue weighted by Gasteiger charge is 2.20. The van der Waals surface area contributed by atoms with Crippen LogP contribution in [0, 0.1) is 5.92 Å². The average Bonchev–Trinajstić information content (AvgIpc) is 2.68. The minimum Gasteiger partial charge on any atom is -0.481 e. The second-order valence-corrected chi connectivity index (χ2v) is 7.11. The average molecular weight is 380 g/mol. The normalized spacial score (nSPS) is 15.4. The lowest BCUT2D eigenvalue weighted by atomic mass is 9.82. The van der Waals surface area contributed by atoms with E-state index in [-0.39, 0.29) is 24.8 Å². The van der Waals surface area contributed by atoms with E-state index in [0.29, 0.717) is 23.6 Å². The first kappa shape index (κ1) is 19.6. The molecule has 1 aliphatic rings. The van der Waals surface area contributed by atoms with Crippen molar-refractivity contribution in [3.05, 3.63) is 65.2 Å². The molecule has 28 heavy (non-hydrogen) atoms. The number of hydrogen-bond acceptors (Lipinski definition) is 3. The van der Waals surface area contributed by atoms with Crippen LogP contribution >= 0.6 is 0 Å². The van der Waals surface area contributed by atoms with Crippen molar-refractivity contribution >= 4 is 23.5 Å². The van der Waals surface area contributed by atoms with E-state index in [0.717, 1.165) is 19.3 Å². The summed E-state index contributed by atoms with van der Waals surface area (Å²) in [7, 11) is 0. The van der Waals surface area contributed by atoms with Crippen LogP contribution in [0.4, 0.5) is 5.69 Å². The molecule has 2 aromatic rings. The van der Waals surface area contributed by atoms with E-state index in [2.05, 4.69) is 28.8 Å². The smallest absolute Gasteiger partial charge is 0.305 e. The molecule has 1 aliphatic carbocycles. The number of fused-ring (bicyclic) bond motifs is 1. The summed E-state index contributed by atoms with van der Waals surface area (Å²) in [5.41, 5.74) is 3.79. The number of carbonyl (C=O) groups excluding carboxylic acids is 2. The maximum absolute atomic E-state index is 12.4. The highest BCUT2D eigenvalue weighted by atomic mass is 16.4. The highest BCUT2D eigenvalue weighted by Crippen LogP contribution is 2.27. The number of aryl methyl sites for hydroxylation is 1. The molecule has 0 aliphatic heterocycles. The minimum atomic E-state index is -0.959. The molecule has 0 radical (unpaired) electrons. The molecule has 3 N–H and O–H groups in total. The van der Waals surface area contributed by atoms with Gasteiger partial charge in [0.2, 0.25) is 5.91 Å². The van der Waals surface area contributed by atoms with Crippen molar-refractivity contribution in [1.29, 1.82) is 0 Å². The van der Waals surface area contributed by atoms with Crippen molar-refractivity contribution in [2.75, 3.05) is 11.9 Å². The summed E-state index contributed by atoms with van der Waals surface area (Å²) in [5.74, 6) is -0.975. The first-order valence-corrected chi connectivity index (χ1v) is 9.48. The summed E-state index contributed by atoms with van der Waals surface area (Å²) in [6.45, 7) is 0.0805. The number of aliphatic carboxylic acids is 1. The molecule has 0 spiro atoms. The first-order chi connectivity index (χ1) is 13.5. The van der Waals surface area contributed by atoms with Gasteiger partial charge in [-0.25, -0.2) is 0 Å². The quantitative estimate of drug-likeness (QED) is 0.688. The molecular weight excluding hydrogens is 356 g/mol. The van der Waals surface area contributed by atoms with E-state index in [4.69, 9.17) is 5.11 Å². The molecular formula is C22H24N2O4. The molecule has 0 fully saturated rings. The molecule has 2 amide bonds. The lowest BCUT2D eigenvalue weighted by molar-refractivity contribution is -0.136. The maximum atomic E-state index is 12.4. The van der Waals surface area contributed by atoms with Gasteiger partial charge >= 0.3 is 5.97 Å². The van der Waals surface area contributed by atoms with E-state index in [9.17, 15) is 14.4 Å². The molecule has 0 saturated heterocycles. The van der Waals surface area contributed by atoms with Gasteiger partial charge in [0.15, 0.2) is 0 Å². The second-order valence-electron chi connectivity index (χ2n) is 7.11. The van der Waals surface area contributed by atoms with Gasteiger partial charge in [-0.2, -0.15) is 0 Å².